The highest BCUT2D eigenvalue weighted by Crippen LogP contribution is 2.28. The molecule has 1 heterocycles. The number of thioether (sulfide) groups is 1. The van der Waals surface area contributed by atoms with Crippen LogP contribution in [0, 0.1) is 11.6 Å². The van der Waals surface area contributed by atoms with Gasteiger partial charge in [0.15, 0.2) is 4.34 Å². The number of anilines is 2. The lowest BCUT2D eigenvalue weighted by atomic mass is 9.96. The van der Waals surface area contributed by atoms with Gasteiger partial charge in [-0.2, -0.15) is 0 Å². The molecule has 5 nitrogen and oxygen atoms in total. The molecule has 1 aliphatic rings. The number of amides is 1. The van der Waals surface area contributed by atoms with E-state index in [1.165, 1.54) is 48.4 Å². The lowest BCUT2D eigenvalue weighted by molar-refractivity contribution is -0.113. The number of hydrogen-bond acceptors (Lipinski definition) is 6. The van der Waals surface area contributed by atoms with Crippen molar-refractivity contribution in [2.75, 3.05) is 16.4 Å². The van der Waals surface area contributed by atoms with E-state index in [0.29, 0.717) is 10.4 Å². The van der Waals surface area contributed by atoms with Gasteiger partial charge in [0.2, 0.25) is 11.0 Å². The fourth-order valence-corrected chi connectivity index (χ4v) is 4.28. The van der Waals surface area contributed by atoms with E-state index >= 15 is 0 Å². The van der Waals surface area contributed by atoms with E-state index in [9.17, 15) is 13.6 Å². The molecular weight excluding hydrogens is 366 g/mol. The number of rotatable bonds is 6. The zero-order valence-corrected chi connectivity index (χ0v) is 15.1. The van der Waals surface area contributed by atoms with Gasteiger partial charge in [-0.1, -0.05) is 42.4 Å². The van der Waals surface area contributed by atoms with Crippen LogP contribution in [-0.4, -0.2) is 27.9 Å². The molecule has 0 saturated heterocycles. The van der Waals surface area contributed by atoms with Crippen LogP contribution in [0.15, 0.2) is 22.5 Å². The third-order valence-corrected chi connectivity index (χ3v) is 5.86. The Morgan fingerprint density at radius 3 is 2.80 bits per heavy atom. The molecule has 1 saturated carbocycles. The van der Waals surface area contributed by atoms with Crippen LogP contribution in [-0.2, 0) is 4.79 Å². The molecule has 3 rings (SSSR count). The van der Waals surface area contributed by atoms with Gasteiger partial charge < -0.3 is 10.6 Å². The Bertz CT molecular complexity index is 735. The van der Waals surface area contributed by atoms with Crippen LogP contribution in [0.25, 0.3) is 0 Å². The van der Waals surface area contributed by atoms with Gasteiger partial charge in [-0.25, -0.2) is 8.78 Å². The van der Waals surface area contributed by atoms with E-state index in [0.717, 1.165) is 30.1 Å². The summed E-state index contributed by atoms with van der Waals surface area (Å²) in [6, 6.07) is 3.48. The van der Waals surface area contributed by atoms with Gasteiger partial charge in [-0.05, 0) is 25.0 Å². The van der Waals surface area contributed by atoms with Crippen LogP contribution in [0.1, 0.15) is 32.1 Å². The van der Waals surface area contributed by atoms with Crippen molar-refractivity contribution >= 4 is 39.8 Å². The maximum atomic E-state index is 13.5. The molecule has 0 atom stereocenters. The van der Waals surface area contributed by atoms with Crippen LogP contribution in [0.2, 0.25) is 0 Å². The smallest absolute Gasteiger partial charge is 0.234 e. The average molecular weight is 384 g/mol. The third kappa shape index (κ3) is 5.37. The summed E-state index contributed by atoms with van der Waals surface area (Å²) in [4.78, 5) is 11.9. The zero-order chi connectivity index (χ0) is 17.6. The van der Waals surface area contributed by atoms with Gasteiger partial charge in [0.25, 0.3) is 0 Å². The van der Waals surface area contributed by atoms with Gasteiger partial charge in [0.1, 0.15) is 11.6 Å². The largest absolute Gasteiger partial charge is 0.357 e. The normalized spacial score (nSPS) is 15.1. The van der Waals surface area contributed by atoms with E-state index in [1.54, 1.807) is 0 Å². The molecule has 1 amide bonds. The highest BCUT2D eigenvalue weighted by atomic mass is 32.2. The molecule has 0 unspecified atom stereocenters. The minimum absolute atomic E-state index is 0.0380. The fraction of sp³-hybridized carbons (Fsp3) is 0.438. The van der Waals surface area contributed by atoms with Gasteiger partial charge >= 0.3 is 0 Å². The standard InChI is InChI=1S/C16H18F2N4OS2/c17-10-6-7-13(12(18)8-10)20-14(23)9-24-16-22-21-15(25-16)19-11-4-2-1-3-5-11/h6-8,11H,1-5,9H2,(H,19,21)(H,20,23). The first-order valence-corrected chi connectivity index (χ1v) is 9.88. The van der Waals surface area contributed by atoms with E-state index in [4.69, 9.17) is 0 Å². The van der Waals surface area contributed by atoms with Crippen molar-refractivity contribution in [3.05, 3.63) is 29.8 Å². The summed E-state index contributed by atoms with van der Waals surface area (Å²) in [5.41, 5.74) is -0.0380. The summed E-state index contributed by atoms with van der Waals surface area (Å²) in [5.74, 6) is -1.79. The van der Waals surface area contributed by atoms with E-state index in [2.05, 4.69) is 20.8 Å². The summed E-state index contributed by atoms with van der Waals surface area (Å²) in [7, 11) is 0. The molecule has 2 aromatic rings. The molecule has 9 heteroatoms. The maximum Gasteiger partial charge on any atom is 0.234 e. The number of hydrogen-bond donors (Lipinski definition) is 2. The molecule has 1 aromatic heterocycles. The SMILES string of the molecule is O=C(CSc1nnc(NC2CCCCC2)s1)Nc1ccc(F)cc1F. The minimum Gasteiger partial charge on any atom is -0.357 e. The van der Waals surface area contributed by atoms with E-state index < -0.39 is 11.6 Å². The fourth-order valence-electron chi connectivity index (χ4n) is 2.65. The van der Waals surface area contributed by atoms with Crippen LogP contribution in [0.3, 0.4) is 0 Å². The summed E-state index contributed by atoms with van der Waals surface area (Å²) in [6.07, 6.45) is 6.05. The molecule has 134 valence electrons. The summed E-state index contributed by atoms with van der Waals surface area (Å²) >= 11 is 2.64. The Morgan fingerprint density at radius 1 is 1.24 bits per heavy atom. The summed E-state index contributed by atoms with van der Waals surface area (Å²) in [5, 5.41) is 14.7. The Morgan fingerprint density at radius 2 is 2.04 bits per heavy atom. The number of aromatic nitrogens is 2. The highest BCUT2D eigenvalue weighted by Gasteiger charge is 2.16. The first-order chi connectivity index (χ1) is 12.1. The Balaban J connectivity index is 1.47. The van der Waals surface area contributed by atoms with Crippen molar-refractivity contribution in [3.8, 4) is 0 Å². The van der Waals surface area contributed by atoms with Crippen molar-refractivity contribution in [2.24, 2.45) is 0 Å². The second-order valence-electron chi connectivity index (χ2n) is 5.81. The van der Waals surface area contributed by atoms with Crippen molar-refractivity contribution in [2.45, 2.75) is 42.5 Å². The van der Waals surface area contributed by atoms with E-state index in [-0.39, 0.29) is 17.3 Å². The second kappa shape index (κ2) is 8.57. The predicted molar refractivity (Wildman–Crippen MR) is 96.1 cm³/mol. The third-order valence-electron chi connectivity index (χ3n) is 3.87. The molecule has 1 fully saturated rings. The van der Waals surface area contributed by atoms with Crippen LogP contribution in [0.5, 0.6) is 0 Å². The van der Waals surface area contributed by atoms with Crippen molar-refractivity contribution in [3.63, 3.8) is 0 Å². The lowest BCUT2D eigenvalue weighted by Gasteiger charge is -2.21. The first-order valence-electron chi connectivity index (χ1n) is 8.08. The predicted octanol–water partition coefficient (Wildman–Crippen LogP) is 4.29. The maximum absolute atomic E-state index is 13.5. The lowest BCUT2D eigenvalue weighted by Crippen LogP contribution is -2.21. The molecule has 1 aliphatic carbocycles. The van der Waals surface area contributed by atoms with Crippen molar-refractivity contribution < 1.29 is 13.6 Å². The Labute approximate surface area is 152 Å². The Kier molecular flexibility index (Phi) is 6.19. The molecule has 2 N–H and O–H groups in total. The number of carbonyl (C=O) groups excluding carboxylic acids is 1. The van der Waals surface area contributed by atoms with Gasteiger partial charge in [0, 0.05) is 12.1 Å². The topological polar surface area (TPSA) is 66.9 Å². The molecule has 25 heavy (non-hydrogen) atoms. The van der Waals surface area contributed by atoms with Crippen molar-refractivity contribution in [1.29, 1.82) is 0 Å². The minimum atomic E-state index is -0.798. The highest BCUT2D eigenvalue weighted by molar-refractivity contribution is 8.01. The van der Waals surface area contributed by atoms with Gasteiger partial charge in [0.05, 0.1) is 11.4 Å². The number of nitrogens with one attached hydrogen (secondary N) is 2. The quantitative estimate of drug-likeness (QED) is 0.727. The van der Waals surface area contributed by atoms with Gasteiger partial charge in [-0.15, -0.1) is 10.2 Å². The van der Waals surface area contributed by atoms with E-state index in [1.807, 2.05) is 0 Å². The summed E-state index contributed by atoms with van der Waals surface area (Å²) in [6.45, 7) is 0. The molecule has 0 aliphatic heterocycles. The number of carbonyl (C=O) groups is 1. The van der Waals surface area contributed by atoms with Crippen molar-refractivity contribution in [1.82, 2.24) is 10.2 Å². The van der Waals surface area contributed by atoms with Crippen LogP contribution >= 0.6 is 23.1 Å². The Hall–Kier alpha value is -1.74. The van der Waals surface area contributed by atoms with Gasteiger partial charge in [-0.3, -0.25) is 4.79 Å². The second-order valence-corrected chi connectivity index (χ2v) is 8.01. The number of benzene rings is 1. The summed E-state index contributed by atoms with van der Waals surface area (Å²) < 4.78 is 27.0. The first kappa shape index (κ1) is 18.1. The average Bonchev–Trinajstić information content (AvgIpc) is 3.04. The number of nitrogens with zero attached hydrogens (tertiary/aromatic N) is 2. The van der Waals surface area contributed by atoms with Crippen LogP contribution in [0.4, 0.5) is 19.6 Å². The zero-order valence-electron chi connectivity index (χ0n) is 13.4. The number of halogens is 2. The molecule has 0 spiro atoms. The monoisotopic (exact) mass is 384 g/mol. The molecular formula is C16H18F2N4OS2. The molecule has 0 radical (unpaired) electrons. The molecule has 0 bridgehead atoms. The van der Waals surface area contributed by atoms with Crippen LogP contribution < -0.4 is 10.6 Å². The molecule has 1 aromatic carbocycles.